The molecular weight excluding hydrogens is 302 g/mol. The smallest absolute Gasteiger partial charge is 0.410 e. The average Bonchev–Trinajstić information content (AvgIpc) is 2.62. The quantitative estimate of drug-likeness (QED) is 0.853. The van der Waals surface area contributed by atoms with Crippen molar-refractivity contribution >= 4 is 6.09 Å². The molecule has 3 rings (SSSR count). The second-order valence-corrected chi connectivity index (χ2v) is 6.27. The predicted molar refractivity (Wildman–Crippen MR) is 92.7 cm³/mol. The van der Waals surface area contributed by atoms with Gasteiger partial charge in [-0.2, -0.15) is 0 Å². The van der Waals surface area contributed by atoms with Crippen molar-refractivity contribution in [3.8, 4) is 0 Å². The highest BCUT2D eigenvalue weighted by Gasteiger charge is 2.31. The normalized spacial score (nSPS) is 20.7. The van der Waals surface area contributed by atoms with Gasteiger partial charge < -0.3 is 14.4 Å². The summed E-state index contributed by atoms with van der Waals surface area (Å²) in [6.07, 6.45) is -0.391. The summed E-state index contributed by atoms with van der Waals surface area (Å²) >= 11 is 0. The molecule has 2 unspecified atom stereocenters. The summed E-state index contributed by atoms with van der Waals surface area (Å²) in [7, 11) is 0. The van der Waals surface area contributed by atoms with Crippen LogP contribution >= 0.6 is 0 Å². The van der Waals surface area contributed by atoms with Crippen molar-refractivity contribution in [3.05, 3.63) is 71.3 Å². The fraction of sp³-hybridized carbons (Fsp3) is 0.350. The highest BCUT2D eigenvalue weighted by molar-refractivity contribution is 5.68. The van der Waals surface area contributed by atoms with Gasteiger partial charge in [-0.15, -0.1) is 0 Å². The Morgan fingerprint density at radius 3 is 2.58 bits per heavy atom. The molecule has 126 valence electrons. The van der Waals surface area contributed by atoms with E-state index < -0.39 is 0 Å². The number of benzene rings is 2. The van der Waals surface area contributed by atoms with E-state index in [1.165, 1.54) is 5.56 Å². The molecule has 2 aromatic rings. The predicted octanol–water partition coefficient (Wildman–Crippen LogP) is 4.09. The van der Waals surface area contributed by atoms with Crippen molar-refractivity contribution in [1.29, 1.82) is 0 Å². The molecule has 2 atom stereocenters. The first-order valence-electron chi connectivity index (χ1n) is 8.29. The van der Waals surface area contributed by atoms with Gasteiger partial charge in [0.25, 0.3) is 0 Å². The average molecular weight is 325 g/mol. The first-order valence-corrected chi connectivity index (χ1v) is 8.29. The zero-order chi connectivity index (χ0) is 16.9. The Morgan fingerprint density at radius 2 is 1.88 bits per heavy atom. The molecule has 0 aliphatic carbocycles. The van der Waals surface area contributed by atoms with Crippen LogP contribution in [0.25, 0.3) is 0 Å². The summed E-state index contributed by atoms with van der Waals surface area (Å²) in [6.45, 7) is 5.35. The summed E-state index contributed by atoms with van der Waals surface area (Å²) in [6, 6.07) is 18.0. The van der Waals surface area contributed by atoms with E-state index in [1.807, 2.05) is 37.3 Å². The molecule has 0 aromatic heterocycles. The van der Waals surface area contributed by atoms with Crippen LogP contribution in [-0.2, 0) is 16.1 Å². The van der Waals surface area contributed by atoms with Gasteiger partial charge in [-0.1, -0.05) is 60.2 Å². The molecule has 1 heterocycles. The van der Waals surface area contributed by atoms with Gasteiger partial charge in [0.2, 0.25) is 0 Å². The molecule has 1 saturated heterocycles. The molecule has 0 saturated carbocycles. The first kappa shape index (κ1) is 16.5. The summed E-state index contributed by atoms with van der Waals surface area (Å²) in [5.74, 6) is 0. The Labute approximate surface area is 143 Å². The minimum Gasteiger partial charge on any atom is -0.445 e. The maximum Gasteiger partial charge on any atom is 0.410 e. The van der Waals surface area contributed by atoms with Crippen molar-refractivity contribution in [2.75, 3.05) is 13.2 Å². The Kier molecular flexibility index (Phi) is 5.16. The number of hydrogen-bond donors (Lipinski definition) is 0. The van der Waals surface area contributed by atoms with Crippen LogP contribution in [0.2, 0.25) is 0 Å². The summed E-state index contributed by atoms with van der Waals surface area (Å²) in [5.41, 5.74) is 3.29. The topological polar surface area (TPSA) is 38.8 Å². The number of nitrogens with zero attached hydrogens (tertiary/aromatic N) is 1. The lowest BCUT2D eigenvalue weighted by molar-refractivity contribution is -0.0561. The largest absolute Gasteiger partial charge is 0.445 e. The highest BCUT2D eigenvalue weighted by atomic mass is 16.6. The Balaban J connectivity index is 1.62. The van der Waals surface area contributed by atoms with Gasteiger partial charge in [0.1, 0.15) is 12.7 Å². The SMILES string of the molecule is Cc1ccc(C2CN(C(=O)OCc3ccccc3)C(C)CO2)cc1. The lowest BCUT2D eigenvalue weighted by Crippen LogP contribution is -2.48. The second-order valence-electron chi connectivity index (χ2n) is 6.27. The maximum atomic E-state index is 12.5. The minimum absolute atomic E-state index is 0.00923. The Hall–Kier alpha value is -2.33. The van der Waals surface area contributed by atoms with E-state index >= 15 is 0 Å². The van der Waals surface area contributed by atoms with Crippen LogP contribution in [-0.4, -0.2) is 30.2 Å². The Bertz CT molecular complexity index is 669. The fourth-order valence-electron chi connectivity index (χ4n) is 2.80. The van der Waals surface area contributed by atoms with Crippen LogP contribution in [0.3, 0.4) is 0 Å². The Morgan fingerprint density at radius 1 is 1.17 bits per heavy atom. The molecular formula is C20H23NO3. The molecule has 4 heteroatoms. The molecule has 1 fully saturated rings. The zero-order valence-electron chi connectivity index (χ0n) is 14.1. The van der Waals surface area contributed by atoms with Crippen LogP contribution < -0.4 is 0 Å². The van der Waals surface area contributed by atoms with Crippen molar-refractivity contribution in [2.24, 2.45) is 0 Å². The van der Waals surface area contributed by atoms with Crippen LogP contribution in [0.15, 0.2) is 54.6 Å². The van der Waals surface area contributed by atoms with Crippen molar-refractivity contribution in [2.45, 2.75) is 32.6 Å². The standard InChI is InChI=1S/C20H23NO3/c1-15-8-10-18(11-9-15)19-12-21(16(2)13-23-19)20(22)24-14-17-6-4-3-5-7-17/h3-11,16,19H,12-14H2,1-2H3. The highest BCUT2D eigenvalue weighted by Crippen LogP contribution is 2.25. The van der Waals surface area contributed by atoms with E-state index in [4.69, 9.17) is 9.47 Å². The molecule has 0 N–H and O–H groups in total. The molecule has 4 nitrogen and oxygen atoms in total. The van der Waals surface area contributed by atoms with Crippen molar-refractivity contribution in [3.63, 3.8) is 0 Å². The van der Waals surface area contributed by atoms with E-state index in [0.717, 1.165) is 11.1 Å². The lowest BCUT2D eigenvalue weighted by atomic mass is 10.0. The molecule has 0 bridgehead atoms. The number of rotatable bonds is 3. The van der Waals surface area contributed by atoms with Gasteiger partial charge >= 0.3 is 6.09 Å². The van der Waals surface area contributed by atoms with E-state index in [-0.39, 0.29) is 18.2 Å². The van der Waals surface area contributed by atoms with Crippen LogP contribution in [0, 0.1) is 6.92 Å². The van der Waals surface area contributed by atoms with Crippen LogP contribution in [0.4, 0.5) is 4.79 Å². The summed E-state index contributed by atoms with van der Waals surface area (Å²) in [4.78, 5) is 14.2. The van der Waals surface area contributed by atoms with Gasteiger partial charge in [0, 0.05) is 0 Å². The third kappa shape index (κ3) is 3.95. The van der Waals surface area contributed by atoms with Crippen molar-refractivity contribution in [1.82, 2.24) is 4.90 Å². The third-order valence-corrected chi connectivity index (χ3v) is 4.32. The number of hydrogen-bond acceptors (Lipinski definition) is 3. The first-order chi connectivity index (χ1) is 11.6. The van der Waals surface area contributed by atoms with Crippen molar-refractivity contribution < 1.29 is 14.3 Å². The molecule has 0 spiro atoms. The van der Waals surface area contributed by atoms with Gasteiger partial charge in [-0.3, -0.25) is 0 Å². The summed E-state index contributed by atoms with van der Waals surface area (Å²) < 4.78 is 11.4. The van der Waals surface area contributed by atoms with E-state index in [0.29, 0.717) is 19.8 Å². The van der Waals surface area contributed by atoms with Gasteiger partial charge in [-0.25, -0.2) is 4.79 Å². The minimum atomic E-state index is -0.285. The molecule has 0 radical (unpaired) electrons. The molecule has 24 heavy (non-hydrogen) atoms. The molecule has 2 aromatic carbocycles. The zero-order valence-corrected chi connectivity index (χ0v) is 14.1. The van der Waals surface area contributed by atoms with Gasteiger partial charge in [0.15, 0.2) is 0 Å². The van der Waals surface area contributed by atoms with E-state index in [1.54, 1.807) is 4.90 Å². The monoisotopic (exact) mass is 325 g/mol. The number of aryl methyl sites for hydroxylation is 1. The van der Waals surface area contributed by atoms with Gasteiger partial charge in [0.05, 0.1) is 19.2 Å². The number of carbonyl (C=O) groups excluding carboxylic acids is 1. The molecule has 1 aliphatic heterocycles. The number of morpholine rings is 1. The second kappa shape index (κ2) is 7.49. The molecule has 1 amide bonds. The van der Waals surface area contributed by atoms with Crippen LogP contribution in [0.5, 0.6) is 0 Å². The van der Waals surface area contributed by atoms with Gasteiger partial charge in [-0.05, 0) is 25.0 Å². The third-order valence-electron chi connectivity index (χ3n) is 4.32. The summed E-state index contributed by atoms with van der Waals surface area (Å²) in [5, 5.41) is 0. The van der Waals surface area contributed by atoms with E-state index in [9.17, 15) is 4.79 Å². The molecule has 1 aliphatic rings. The number of amides is 1. The number of ether oxygens (including phenoxy) is 2. The maximum absolute atomic E-state index is 12.5. The van der Waals surface area contributed by atoms with E-state index in [2.05, 4.69) is 31.2 Å². The lowest BCUT2D eigenvalue weighted by Gasteiger charge is -2.37. The van der Waals surface area contributed by atoms with Crippen LogP contribution in [0.1, 0.15) is 29.7 Å². The number of carbonyl (C=O) groups is 1. The fourth-order valence-corrected chi connectivity index (χ4v) is 2.80.